The van der Waals surface area contributed by atoms with E-state index in [1.807, 2.05) is 0 Å². The normalized spacial score (nSPS) is 13.1. The van der Waals surface area contributed by atoms with E-state index in [9.17, 15) is 8.42 Å². The highest BCUT2D eigenvalue weighted by molar-refractivity contribution is 7.91. The molecule has 0 aliphatic heterocycles. The van der Waals surface area contributed by atoms with Gasteiger partial charge in [0.25, 0.3) is 10.0 Å². The van der Waals surface area contributed by atoms with Crippen molar-refractivity contribution in [2.45, 2.75) is 30.5 Å². The van der Waals surface area contributed by atoms with Gasteiger partial charge in [0.2, 0.25) is 0 Å². The summed E-state index contributed by atoms with van der Waals surface area (Å²) < 4.78 is 26.4. The summed E-state index contributed by atoms with van der Waals surface area (Å²) in [5, 5.41) is 0.723. The lowest BCUT2D eigenvalue weighted by Crippen LogP contribution is -2.48. The number of rotatable bonds is 4. The minimum Gasteiger partial charge on any atom is -0.329 e. The molecule has 0 aliphatic rings. The minimum absolute atomic E-state index is 0.224. The molecular weight excluding hydrogens is 234 g/mol. The number of nitrogens with two attached hydrogens (primary N) is 1. The number of hydrogen-bond acceptors (Lipinski definition) is 5. The van der Waals surface area contributed by atoms with Crippen molar-refractivity contribution in [2.75, 3.05) is 6.54 Å². The Hall–Kier alpha value is -0.500. The van der Waals surface area contributed by atoms with Crippen molar-refractivity contribution in [3.05, 3.63) is 11.2 Å². The predicted molar refractivity (Wildman–Crippen MR) is 60.3 cm³/mol. The largest absolute Gasteiger partial charge is 0.329 e. The van der Waals surface area contributed by atoms with Gasteiger partial charge in [0.15, 0.2) is 4.21 Å². The van der Waals surface area contributed by atoms with Crippen LogP contribution in [0.5, 0.6) is 0 Å². The predicted octanol–water partition coefficient (Wildman–Crippen LogP) is 0.467. The maximum Gasteiger partial charge on any atom is 0.252 e. The van der Waals surface area contributed by atoms with Crippen molar-refractivity contribution in [3.8, 4) is 0 Å². The van der Waals surface area contributed by atoms with Crippen LogP contribution in [0.1, 0.15) is 18.9 Å². The molecule has 15 heavy (non-hydrogen) atoms. The Bertz CT molecular complexity index is 436. The molecule has 0 fully saturated rings. The Labute approximate surface area is 93.8 Å². The summed E-state index contributed by atoms with van der Waals surface area (Å²) >= 11 is 1.14. The molecule has 1 aromatic rings. The van der Waals surface area contributed by atoms with Crippen LogP contribution in [0.4, 0.5) is 0 Å². The third-order valence-electron chi connectivity index (χ3n) is 1.79. The molecule has 0 saturated carbocycles. The summed E-state index contributed by atoms with van der Waals surface area (Å²) in [6, 6.07) is 0. The van der Waals surface area contributed by atoms with Crippen molar-refractivity contribution >= 4 is 21.4 Å². The van der Waals surface area contributed by atoms with Gasteiger partial charge in [0, 0.05) is 12.1 Å². The van der Waals surface area contributed by atoms with Crippen LogP contribution in [0.3, 0.4) is 0 Å². The van der Waals surface area contributed by atoms with Crippen LogP contribution >= 0.6 is 11.3 Å². The maximum atomic E-state index is 11.8. The van der Waals surface area contributed by atoms with E-state index in [2.05, 4.69) is 9.71 Å². The van der Waals surface area contributed by atoms with Crippen molar-refractivity contribution in [2.24, 2.45) is 5.73 Å². The van der Waals surface area contributed by atoms with E-state index in [1.54, 1.807) is 20.8 Å². The molecule has 5 nitrogen and oxygen atoms in total. The molecule has 0 amide bonds. The standard InChI is InChI=1S/C8H15N3O2S2/c1-6-10-4-7(14-6)15(12,13)11-8(2,3)5-9/h4,11H,5,9H2,1-3H3. The fourth-order valence-electron chi connectivity index (χ4n) is 0.922. The topological polar surface area (TPSA) is 85.1 Å². The van der Waals surface area contributed by atoms with Crippen molar-refractivity contribution in [1.82, 2.24) is 9.71 Å². The van der Waals surface area contributed by atoms with Crippen LogP contribution < -0.4 is 10.5 Å². The fraction of sp³-hybridized carbons (Fsp3) is 0.625. The van der Waals surface area contributed by atoms with E-state index in [0.29, 0.717) is 0 Å². The smallest absolute Gasteiger partial charge is 0.252 e. The van der Waals surface area contributed by atoms with Crippen LogP contribution in [-0.4, -0.2) is 25.5 Å². The molecule has 0 bridgehead atoms. The molecule has 3 N–H and O–H groups in total. The summed E-state index contributed by atoms with van der Waals surface area (Å²) in [6.07, 6.45) is 1.36. The molecule has 7 heteroatoms. The van der Waals surface area contributed by atoms with E-state index in [0.717, 1.165) is 16.3 Å². The van der Waals surface area contributed by atoms with E-state index < -0.39 is 15.6 Å². The molecule has 1 heterocycles. The van der Waals surface area contributed by atoms with Gasteiger partial charge in [-0.15, -0.1) is 11.3 Å². The van der Waals surface area contributed by atoms with Crippen LogP contribution in [0.2, 0.25) is 0 Å². The van der Waals surface area contributed by atoms with E-state index in [1.165, 1.54) is 6.20 Å². The van der Waals surface area contributed by atoms with Crippen molar-refractivity contribution in [3.63, 3.8) is 0 Å². The highest BCUT2D eigenvalue weighted by Crippen LogP contribution is 2.19. The van der Waals surface area contributed by atoms with E-state index in [4.69, 9.17) is 5.73 Å². The van der Waals surface area contributed by atoms with Gasteiger partial charge in [0.05, 0.1) is 11.2 Å². The number of aromatic nitrogens is 1. The lowest BCUT2D eigenvalue weighted by Gasteiger charge is -2.23. The van der Waals surface area contributed by atoms with Gasteiger partial charge in [-0.3, -0.25) is 0 Å². The summed E-state index contributed by atoms with van der Waals surface area (Å²) in [5.41, 5.74) is 4.82. The summed E-state index contributed by atoms with van der Waals surface area (Å²) in [7, 11) is -3.48. The Kier molecular flexibility index (Phi) is 3.49. The first-order valence-electron chi connectivity index (χ1n) is 4.43. The second-order valence-corrected chi connectivity index (χ2v) is 7.04. The highest BCUT2D eigenvalue weighted by Gasteiger charge is 2.26. The van der Waals surface area contributed by atoms with Gasteiger partial charge in [-0.2, -0.15) is 0 Å². The van der Waals surface area contributed by atoms with Gasteiger partial charge >= 0.3 is 0 Å². The molecule has 0 saturated heterocycles. The first-order chi connectivity index (χ1) is 6.77. The van der Waals surface area contributed by atoms with E-state index in [-0.39, 0.29) is 10.8 Å². The van der Waals surface area contributed by atoms with Gasteiger partial charge < -0.3 is 5.73 Å². The Balaban J connectivity index is 2.95. The van der Waals surface area contributed by atoms with Crippen LogP contribution in [0.25, 0.3) is 0 Å². The second-order valence-electron chi connectivity index (χ2n) is 3.89. The SMILES string of the molecule is Cc1ncc(S(=O)(=O)NC(C)(C)CN)s1. The number of aryl methyl sites for hydroxylation is 1. The summed E-state index contributed by atoms with van der Waals surface area (Å²) in [5.74, 6) is 0. The number of nitrogens with one attached hydrogen (secondary N) is 1. The van der Waals surface area contributed by atoms with Crippen LogP contribution in [0, 0.1) is 6.92 Å². The van der Waals surface area contributed by atoms with Crippen molar-refractivity contribution < 1.29 is 8.42 Å². The van der Waals surface area contributed by atoms with Gasteiger partial charge in [-0.05, 0) is 20.8 Å². The monoisotopic (exact) mass is 249 g/mol. The zero-order valence-corrected chi connectivity index (χ0v) is 10.6. The molecule has 0 aliphatic carbocycles. The average molecular weight is 249 g/mol. The van der Waals surface area contributed by atoms with Gasteiger partial charge in [-0.25, -0.2) is 18.1 Å². The summed E-state index contributed by atoms with van der Waals surface area (Å²) in [4.78, 5) is 3.91. The Morgan fingerprint density at radius 1 is 1.60 bits per heavy atom. The minimum atomic E-state index is -3.48. The van der Waals surface area contributed by atoms with Gasteiger partial charge in [-0.1, -0.05) is 0 Å². The van der Waals surface area contributed by atoms with Crippen molar-refractivity contribution in [1.29, 1.82) is 0 Å². The molecule has 0 aromatic carbocycles. The van der Waals surface area contributed by atoms with Gasteiger partial charge in [0.1, 0.15) is 0 Å². The lowest BCUT2D eigenvalue weighted by atomic mass is 10.1. The van der Waals surface area contributed by atoms with Crippen LogP contribution in [0.15, 0.2) is 10.4 Å². The molecule has 0 spiro atoms. The molecule has 0 unspecified atom stereocenters. The molecular formula is C8H15N3O2S2. The Morgan fingerprint density at radius 2 is 2.20 bits per heavy atom. The molecule has 1 aromatic heterocycles. The number of thiazole rings is 1. The molecule has 0 atom stereocenters. The van der Waals surface area contributed by atoms with E-state index >= 15 is 0 Å². The third-order valence-corrected chi connectivity index (χ3v) is 4.86. The second kappa shape index (κ2) is 4.17. The summed E-state index contributed by atoms with van der Waals surface area (Å²) in [6.45, 7) is 5.47. The number of nitrogens with zero attached hydrogens (tertiary/aromatic N) is 1. The third kappa shape index (κ3) is 3.23. The molecule has 0 radical (unpaired) electrons. The average Bonchev–Trinajstić information content (AvgIpc) is 2.51. The highest BCUT2D eigenvalue weighted by atomic mass is 32.2. The zero-order chi connectivity index (χ0) is 11.7. The van der Waals surface area contributed by atoms with Crippen LogP contribution in [-0.2, 0) is 10.0 Å². The molecule has 86 valence electrons. The first-order valence-corrected chi connectivity index (χ1v) is 6.73. The number of hydrogen-bond donors (Lipinski definition) is 2. The fourth-order valence-corrected chi connectivity index (χ4v) is 3.45. The number of sulfonamides is 1. The Morgan fingerprint density at radius 3 is 2.60 bits per heavy atom. The zero-order valence-electron chi connectivity index (χ0n) is 8.94. The first kappa shape index (κ1) is 12.6. The molecule has 1 rings (SSSR count). The lowest BCUT2D eigenvalue weighted by molar-refractivity contribution is 0.463. The maximum absolute atomic E-state index is 11.8. The quantitative estimate of drug-likeness (QED) is 0.812.